The SMILES string of the molecule is COc1ccccc1C1(c2[nH]nc3nc(N4CCC5(CC4)CO[C@@H](C)[C@H]5N)[nH]c(=O)c23)CC1. The molecule has 2 atom stereocenters. The second kappa shape index (κ2) is 7.30. The van der Waals surface area contributed by atoms with Gasteiger partial charge in [-0.3, -0.25) is 14.9 Å². The molecule has 0 radical (unpaired) electrons. The van der Waals surface area contributed by atoms with Crippen LogP contribution in [0, 0.1) is 5.41 Å². The van der Waals surface area contributed by atoms with E-state index >= 15 is 0 Å². The van der Waals surface area contributed by atoms with E-state index in [1.54, 1.807) is 7.11 Å². The number of nitrogens with zero attached hydrogens (tertiary/aromatic N) is 3. The summed E-state index contributed by atoms with van der Waals surface area (Å²) in [5, 5.41) is 8.14. The summed E-state index contributed by atoms with van der Waals surface area (Å²) >= 11 is 0. The van der Waals surface area contributed by atoms with Crippen LogP contribution < -0.4 is 20.9 Å². The largest absolute Gasteiger partial charge is 0.496 e. The average Bonchev–Trinajstić information content (AvgIpc) is 3.46. The zero-order chi connectivity index (χ0) is 22.8. The Labute approximate surface area is 191 Å². The molecule has 1 aliphatic carbocycles. The second-order valence-corrected chi connectivity index (χ2v) is 9.86. The zero-order valence-corrected chi connectivity index (χ0v) is 19.1. The fraction of sp³-hybridized carbons (Fsp3) is 0.542. The number of nitrogens with two attached hydrogens (primary N) is 1. The molecule has 1 aromatic carbocycles. The Morgan fingerprint density at radius 3 is 2.64 bits per heavy atom. The van der Waals surface area contributed by atoms with Crippen LogP contribution in [0.15, 0.2) is 29.1 Å². The molecule has 33 heavy (non-hydrogen) atoms. The van der Waals surface area contributed by atoms with E-state index in [2.05, 4.69) is 26.1 Å². The maximum Gasteiger partial charge on any atom is 0.263 e. The molecule has 6 rings (SSSR count). The highest BCUT2D eigenvalue weighted by atomic mass is 16.5. The lowest BCUT2D eigenvalue weighted by atomic mass is 9.73. The lowest BCUT2D eigenvalue weighted by Crippen LogP contribution is -2.51. The summed E-state index contributed by atoms with van der Waals surface area (Å²) in [6.07, 6.45) is 3.79. The Kier molecular flexibility index (Phi) is 4.57. The second-order valence-electron chi connectivity index (χ2n) is 9.86. The van der Waals surface area contributed by atoms with Crippen LogP contribution in [0.3, 0.4) is 0 Å². The fourth-order valence-electron chi connectivity index (χ4n) is 5.87. The van der Waals surface area contributed by atoms with Gasteiger partial charge < -0.3 is 20.1 Å². The monoisotopic (exact) mass is 450 g/mol. The Morgan fingerprint density at radius 1 is 1.21 bits per heavy atom. The molecular formula is C24H30N6O3. The molecule has 3 aliphatic rings. The lowest BCUT2D eigenvalue weighted by Gasteiger charge is -2.41. The predicted molar refractivity (Wildman–Crippen MR) is 125 cm³/mol. The van der Waals surface area contributed by atoms with Crippen molar-refractivity contribution in [2.75, 3.05) is 31.7 Å². The normalized spacial score (nSPS) is 25.6. The molecule has 0 unspecified atom stereocenters. The minimum absolute atomic E-state index is 0.0207. The third-order valence-corrected chi connectivity index (χ3v) is 8.17. The van der Waals surface area contributed by atoms with Crippen LogP contribution in [0.1, 0.15) is 43.9 Å². The predicted octanol–water partition coefficient (Wildman–Crippen LogP) is 2.07. The standard InChI is InChI=1S/C24H30N6O3/c1-14-18(25)23(13-33-14)9-11-30(12-10-23)22-26-20-17(21(31)27-22)19(28-29-20)24(7-8-24)15-5-3-4-6-16(15)32-2/h3-6,14,18H,7-13,25H2,1-2H3,(H2,26,27,28,29,31)/t14-,18+/m0/s1. The smallest absolute Gasteiger partial charge is 0.263 e. The number of hydrogen-bond acceptors (Lipinski definition) is 7. The Bertz CT molecular complexity index is 1250. The van der Waals surface area contributed by atoms with Gasteiger partial charge in [0, 0.05) is 35.5 Å². The van der Waals surface area contributed by atoms with Crippen molar-refractivity contribution in [2.45, 2.75) is 50.2 Å². The number of methoxy groups -OCH3 is 1. The molecule has 174 valence electrons. The summed E-state index contributed by atoms with van der Waals surface area (Å²) in [6.45, 7) is 4.31. The lowest BCUT2D eigenvalue weighted by molar-refractivity contribution is 0.0973. The van der Waals surface area contributed by atoms with Crippen molar-refractivity contribution in [3.05, 3.63) is 45.9 Å². The number of aromatic amines is 2. The molecule has 2 aromatic heterocycles. The summed E-state index contributed by atoms with van der Waals surface area (Å²) in [4.78, 5) is 23.2. The van der Waals surface area contributed by atoms with Crippen molar-refractivity contribution in [1.82, 2.24) is 20.2 Å². The van der Waals surface area contributed by atoms with Gasteiger partial charge in [-0.2, -0.15) is 10.1 Å². The third kappa shape index (κ3) is 3.02. The van der Waals surface area contributed by atoms with Gasteiger partial charge in [0.1, 0.15) is 11.1 Å². The number of anilines is 1. The summed E-state index contributed by atoms with van der Waals surface area (Å²) in [5.41, 5.74) is 8.38. The van der Waals surface area contributed by atoms with Crippen LogP contribution >= 0.6 is 0 Å². The molecule has 1 saturated carbocycles. The van der Waals surface area contributed by atoms with Crippen molar-refractivity contribution in [3.63, 3.8) is 0 Å². The number of hydrogen-bond donors (Lipinski definition) is 3. The molecule has 2 saturated heterocycles. The summed E-state index contributed by atoms with van der Waals surface area (Å²) in [5.74, 6) is 1.40. The van der Waals surface area contributed by atoms with E-state index in [1.807, 2.05) is 25.1 Å². The van der Waals surface area contributed by atoms with Crippen molar-refractivity contribution in [1.29, 1.82) is 0 Å². The van der Waals surface area contributed by atoms with Crippen LogP contribution in [-0.2, 0) is 10.2 Å². The van der Waals surface area contributed by atoms with Gasteiger partial charge in [0.2, 0.25) is 5.95 Å². The quantitative estimate of drug-likeness (QED) is 0.556. The van der Waals surface area contributed by atoms with Crippen molar-refractivity contribution in [3.8, 4) is 5.75 Å². The van der Waals surface area contributed by atoms with Crippen LogP contribution in [0.2, 0.25) is 0 Å². The summed E-state index contributed by atoms with van der Waals surface area (Å²) in [7, 11) is 1.68. The van der Waals surface area contributed by atoms with E-state index < -0.39 is 0 Å². The number of para-hydroxylation sites is 1. The number of ether oxygens (including phenoxy) is 2. The van der Waals surface area contributed by atoms with Crippen molar-refractivity contribution >= 4 is 17.0 Å². The van der Waals surface area contributed by atoms with Gasteiger partial charge in [-0.1, -0.05) is 18.2 Å². The molecule has 1 spiro atoms. The molecule has 9 nitrogen and oxygen atoms in total. The van der Waals surface area contributed by atoms with Crippen LogP contribution in [0.5, 0.6) is 5.75 Å². The highest BCUT2D eigenvalue weighted by molar-refractivity contribution is 5.81. The third-order valence-electron chi connectivity index (χ3n) is 8.17. The number of aromatic nitrogens is 4. The highest BCUT2D eigenvalue weighted by Crippen LogP contribution is 2.56. The number of H-pyrrole nitrogens is 2. The Morgan fingerprint density at radius 2 is 1.97 bits per heavy atom. The minimum atomic E-state index is -0.287. The molecule has 0 bridgehead atoms. The van der Waals surface area contributed by atoms with Crippen LogP contribution in [-0.4, -0.2) is 59.1 Å². The van der Waals surface area contributed by atoms with Crippen molar-refractivity contribution in [2.24, 2.45) is 11.1 Å². The van der Waals surface area contributed by atoms with E-state index in [1.165, 1.54) is 0 Å². The van der Waals surface area contributed by atoms with Crippen LogP contribution in [0.4, 0.5) is 5.95 Å². The number of benzene rings is 1. The molecule has 2 aliphatic heterocycles. The molecular weight excluding hydrogens is 420 g/mol. The first-order valence-electron chi connectivity index (χ1n) is 11.7. The number of rotatable bonds is 4. The molecule has 9 heteroatoms. The minimum Gasteiger partial charge on any atom is -0.496 e. The first kappa shape index (κ1) is 20.7. The number of fused-ring (bicyclic) bond motifs is 1. The highest BCUT2D eigenvalue weighted by Gasteiger charge is 2.51. The maximum absolute atomic E-state index is 13.3. The van der Waals surface area contributed by atoms with E-state index in [0.717, 1.165) is 55.8 Å². The maximum atomic E-state index is 13.3. The summed E-state index contributed by atoms with van der Waals surface area (Å²) < 4.78 is 11.4. The topological polar surface area (TPSA) is 122 Å². The Balaban J connectivity index is 1.31. The van der Waals surface area contributed by atoms with Gasteiger partial charge in [0.05, 0.1) is 25.5 Å². The molecule has 0 amide bonds. The first-order valence-corrected chi connectivity index (χ1v) is 11.7. The van der Waals surface area contributed by atoms with Gasteiger partial charge in [0.25, 0.3) is 5.56 Å². The fourth-order valence-corrected chi connectivity index (χ4v) is 5.87. The zero-order valence-electron chi connectivity index (χ0n) is 19.1. The Hall–Kier alpha value is -2.91. The van der Waals surface area contributed by atoms with Gasteiger partial charge in [-0.05, 0) is 38.7 Å². The summed E-state index contributed by atoms with van der Waals surface area (Å²) in [6, 6.07) is 8.03. The van der Waals surface area contributed by atoms with E-state index in [-0.39, 0.29) is 28.5 Å². The van der Waals surface area contributed by atoms with Gasteiger partial charge in [-0.15, -0.1) is 0 Å². The van der Waals surface area contributed by atoms with Gasteiger partial charge in [0.15, 0.2) is 5.65 Å². The van der Waals surface area contributed by atoms with Gasteiger partial charge >= 0.3 is 0 Å². The molecule has 4 heterocycles. The number of piperidine rings is 1. The molecule has 4 N–H and O–H groups in total. The van der Waals surface area contributed by atoms with Gasteiger partial charge in [-0.25, -0.2) is 0 Å². The van der Waals surface area contributed by atoms with Crippen molar-refractivity contribution < 1.29 is 9.47 Å². The van der Waals surface area contributed by atoms with Crippen LogP contribution in [0.25, 0.3) is 11.0 Å². The average molecular weight is 451 g/mol. The molecule has 3 fully saturated rings. The van der Waals surface area contributed by atoms with E-state index in [4.69, 9.17) is 20.2 Å². The molecule has 3 aromatic rings. The van der Waals surface area contributed by atoms with E-state index in [9.17, 15) is 4.79 Å². The number of nitrogens with one attached hydrogen (secondary N) is 2. The first-order chi connectivity index (χ1) is 16.0. The van der Waals surface area contributed by atoms with E-state index in [0.29, 0.717) is 23.6 Å².